The van der Waals surface area contributed by atoms with Crippen LogP contribution in [0.5, 0.6) is 0 Å². The Hall–Kier alpha value is -0.120. The molecule has 3 rings (SSSR count). The van der Waals surface area contributed by atoms with E-state index in [0.29, 0.717) is 19.3 Å². The molecule has 5 atom stereocenters. The lowest BCUT2D eigenvalue weighted by Crippen LogP contribution is -2.39. The van der Waals surface area contributed by atoms with E-state index in [9.17, 15) is 0 Å². The molecule has 3 fully saturated rings. The van der Waals surface area contributed by atoms with Gasteiger partial charge in [0, 0.05) is 13.2 Å². The van der Waals surface area contributed by atoms with Crippen molar-refractivity contribution in [3.63, 3.8) is 0 Å². The first kappa shape index (κ1) is 11.0. The fourth-order valence-corrected chi connectivity index (χ4v) is 4.49. The minimum Gasteiger partial charge on any atom is -0.382 e. The lowest BCUT2D eigenvalue weighted by molar-refractivity contribution is -0.0298. The molecule has 3 heteroatoms. The first-order valence-corrected chi connectivity index (χ1v) is 6.76. The third-order valence-electron chi connectivity index (χ3n) is 5.05. The second kappa shape index (κ2) is 4.63. The molecule has 16 heavy (non-hydrogen) atoms. The third kappa shape index (κ3) is 1.79. The van der Waals surface area contributed by atoms with Crippen LogP contribution in [0, 0.1) is 23.7 Å². The molecule has 2 bridgehead atoms. The maximum absolute atomic E-state index is 5.48. The highest BCUT2D eigenvalue weighted by Gasteiger charge is 2.53. The van der Waals surface area contributed by atoms with Crippen LogP contribution in [0.25, 0.3) is 0 Å². The number of methoxy groups -OCH3 is 1. The number of hydrogen-bond acceptors (Lipinski definition) is 3. The maximum atomic E-state index is 5.48. The second-order valence-electron chi connectivity index (χ2n) is 5.72. The Morgan fingerprint density at radius 3 is 2.81 bits per heavy atom. The van der Waals surface area contributed by atoms with Crippen molar-refractivity contribution in [2.75, 3.05) is 20.3 Å². The highest BCUT2D eigenvalue weighted by molar-refractivity contribution is 5.04. The molecule has 3 saturated carbocycles. The van der Waals surface area contributed by atoms with Gasteiger partial charge in [0.1, 0.15) is 0 Å². The average molecular weight is 225 g/mol. The molecule has 3 aliphatic rings. The van der Waals surface area contributed by atoms with E-state index in [1.54, 1.807) is 7.11 Å². The minimum absolute atomic E-state index is 0.626. The summed E-state index contributed by atoms with van der Waals surface area (Å²) >= 11 is 0. The molecule has 5 unspecified atom stereocenters. The van der Waals surface area contributed by atoms with Crippen LogP contribution in [-0.4, -0.2) is 26.4 Å². The van der Waals surface area contributed by atoms with Gasteiger partial charge in [-0.25, -0.2) is 0 Å². The van der Waals surface area contributed by atoms with Gasteiger partial charge in [-0.2, -0.15) is 5.48 Å². The summed E-state index contributed by atoms with van der Waals surface area (Å²) < 4.78 is 4.97. The predicted molar refractivity (Wildman–Crippen MR) is 61.8 cm³/mol. The van der Waals surface area contributed by atoms with Crippen molar-refractivity contribution in [2.45, 2.75) is 38.1 Å². The van der Waals surface area contributed by atoms with Crippen LogP contribution in [0.1, 0.15) is 32.1 Å². The van der Waals surface area contributed by atoms with Crippen LogP contribution in [0.15, 0.2) is 0 Å². The van der Waals surface area contributed by atoms with Gasteiger partial charge in [0.25, 0.3) is 0 Å². The van der Waals surface area contributed by atoms with Gasteiger partial charge >= 0.3 is 0 Å². The van der Waals surface area contributed by atoms with Crippen molar-refractivity contribution in [3.05, 3.63) is 0 Å². The van der Waals surface area contributed by atoms with Crippen molar-refractivity contribution in [1.82, 2.24) is 5.48 Å². The second-order valence-corrected chi connectivity index (χ2v) is 5.72. The molecule has 0 saturated heterocycles. The molecular weight excluding hydrogens is 202 g/mol. The zero-order valence-electron chi connectivity index (χ0n) is 10.2. The molecule has 0 amide bonds. The van der Waals surface area contributed by atoms with Crippen LogP contribution in [0.4, 0.5) is 0 Å². The predicted octanol–water partition coefficient (Wildman–Crippen LogP) is 1.98. The van der Waals surface area contributed by atoms with E-state index in [1.807, 2.05) is 0 Å². The van der Waals surface area contributed by atoms with E-state index < -0.39 is 0 Å². The summed E-state index contributed by atoms with van der Waals surface area (Å²) in [6.45, 7) is 1.35. The van der Waals surface area contributed by atoms with Crippen molar-refractivity contribution >= 4 is 0 Å². The van der Waals surface area contributed by atoms with E-state index in [1.165, 1.54) is 32.1 Å². The van der Waals surface area contributed by atoms with E-state index in [-0.39, 0.29) is 0 Å². The number of fused-ring (bicyclic) bond motifs is 5. The van der Waals surface area contributed by atoms with Gasteiger partial charge in [-0.1, -0.05) is 6.42 Å². The van der Waals surface area contributed by atoms with E-state index in [2.05, 4.69) is 5.48 Å². The lowest BCUT2D eigenvalue weighted by atomic mass is 9.79. The molecule has 3 nitrogen and oxygen atoms in total. The fraction of sp³-hybridized carbons (Fsp3) is 1.00. The molecule has 0 heterocycles. The quantitative estimate of drug-likeness (QED) is 0.573. The van der Waals surface area contributed by atoms with Gasteiger partial charge in [-0.15, -0.1) is 0 Å². The monoisotopic (exact) mass is 225 g/mol. The summed E-state index contributed by atoms with van der Waals surface area (Å²) in [4.78, 5) is 5.48. The Labute approximate surface area is 97.8 Å². The van der Waals surface area contributed by atoms with Gasteiger partial charge in [0.05, 0.1) is 13.2 Å². The molecule has 0 aromatic heterocycles. The fourth-order valence-electron chi connectivity index (χ4n) is 4.49. The van der Waals surface area contributed by atoms with Gasteiger partial charge in [-0.3, -0.25) is 4.84 Å². The number of ether oxygens (including phenoxy) is 1. The highest BCUT2D eigenvalue weighted by atomic mass is 16.7. The minimum atomic E-state index is 0.626. The average Bonchev–Trinajstić information content (AvgIpc) is 2.95. The van der Waals surface area contributed by atoms with Crippen LogP contribution in [0.2, 0.25) is 0 Å². The molecule has 0 aliphatic heterocycles. The van der Waals surface area contributed by atoms with E-state index >= 15 is 0 Å². The van der Waals surface area contributed by atoms with Crippen LogP contribution in [-0.2, 0) is 9.57 Å². The van der Waals surface area contributed by atoms with Gasteiger partial charge in [0.15, 0.2) is 0 Å². The SMILES string of the molecule is COCCONC1CC2CC1C1CCCC21. The Bertz CT molecular complexity index is 246. The summed E-state index contributed by atoms with van der Waals surface area (Å²) in [6, 6.07) is 0.626. The van der Waals surface area contributed by atoms with Gasteiger partial charge in [0.2, 0.25) is 0 Å². The maximum Gasteiger partial charge on any atom is 0.0915 e. The lowest BCUT2D eigenvalue weighted by Gasteiger charge is -2.31. The summed E-state index contributed by atoms with van der Waals surface area (Å²) in [7, 11) is 1.71. The Morgan fingerprint density at radius 2 is 1.94 bits per heavy atom. The highest BCUT2D eigenvalue weighted by Crippen LogP contribution is 2.58. The van der Waals surface area contributed by atoms with Crippen LogP contribution >= 0.6 is 0 Å². The molecule has 0 aromatic rings. The molecule has 0 spiro atoms. The zero-order valence-corrected chi connectivity index (χ0v) is 10.2. The molecule has 1 N–H and O–H groups in total. The molecule has 0 radical (unpaired) electrons. The van der Waals surface area contributed by atoms with Crippen molar-refractivity contribution < 1.29 is 9.57 Å². The first-order chi connectivity index (χ1) is 7.90. The largest absolute Gasteiger partial charge is 0.382 e. The number of rotatable bonds is 5. The van der Waals surface area contributed by atoms with Gasteiger partial charge in [-0.05, 0) is 49.4 Å². The standard InChI is InChI=1S/C13H23NO2/c1-15-5-6-16-14-13-8-9-7-12(13)11-4-2-3-10(9)11/h9-14H,2-8H2,1H3. The summed E-state index contributed by atoms with van der Waals surface area (Å²) in [5.74, 6) is 3.99. The molecule has 92 valence electrons. The Kier molecular flexibility index (Phi) is 3.18. The van der Waals surface area contributed by atoms with Crippen molar-refractivity contribution in [2.24, 2.45) is 23.7 Å². The zero-order chi connectivity index (χ0) is 11.0. The number of nitrogens with one attached hydrogen (secondary N) is 1. The van der Waals surface area contributed by atoms with Crippen LogP contribution in [0.3, 0.4) is 0 Å². The molecule has 3 aliphatic carbocycles. The van der Waals surface area contributed by atoms with Crippen molar-refractivity contribution in [1.29, 1.82) is 0 Å². The topological polar surface area (TPSA) is 30.5 Å². The normalized spacial score (nSPS) is 45.2. The molecular formula is C13H23NO2. The number of hydroxylamine groups is 1. The van der Waals surface area contributed by atoms with Crippen LogP contribution < -0.4 is 5.48 Å². The molecule has 0 aromatic carbocycles. The van der Waals surface area contributed by atoms with E-state index in [4.69, 9.17) is 9.57 Å². The Morgan fingerprint density at radius 1 is 1.06 bits per heavy atom. The summed E-state index contributed by atoms with van der Waals surface area (Å²) in [5, 5.41) is 0. The van der Waals surface area contributed by atoms with Gasteiger partial charge < -0.3 is 4.74 Å². The number of hydrogen-bond donors (Lipinski definition) is 1. The summed E-state index contributed by atoms with van der Waals surface area (Å²) in [5.41, 5.74) is 3.28. The van der Waals surface area contributed by atoms with E-state index in [0.717, 1.165) is 23.7 Å². The Balaban J connectivity index is 1.48. The smallest absolute Gasteiger partial charge is 0.0915 e. The first-order valence-electron chi connectivity index (χ1n) is 6.76. The third-order valence-corrected chi connectivity index (χ3v) is 5.05. The summed E-state index contributed by atoms with van der Waals surface area (Å²) in [6.07, 6.45) is 7.25. The van der Waals surface area contributed by atoms with Crippen molar-refractivity contribution in [3.8, 4) is 0 Å².